The van der Waals surface area contributed by atoms with E-state index in [0.29, 0.717) is 10.8 Å². The van der Waals surface area contributed by atoms with E-state index in [9.17, 15) is 4.79 Å². The molecule has 0 bridgehead atoms. The van der Waals surface area contributed by atoms with Gasteiger partial charge in [0.05, 0.1) is 0 Å². The smallest absolute Gasteiger partial charge is 0.274 e. The summed E-state index contributed by atoms with van der Waals surface area (Å²) in [4.78, 5) is 15.7. The topological polar surface area (TPSA) is 46.9 Å². The molecule has 2 aromatic rings. The Bertz CT molecular complexity index is 478. The zero-order valence-corrected chi connectivity index (χ0v) is 10.3. The molecule has 1 amide bonds. The van der Waals surface area contributed by atoms with Crippen LogP contribution in [0.3, 0.4) is 0 Å². The number of halogens is 1. The highest BCUT2D eigenvalue weighted by molar-refractivity contribution is 9.10. The Balaban J connectivity index is 2.18. The van der Waals surface area contributed by atoms with E-state index in [-0.39, 0.29) is 5.91 Å². The third-order valence-electron chi connectivity index (χ3n) is 1.86. The second kappa shape index (κ2) is 4.16. The summed E-state index contributed by atoms with van der Waals surface area (Å²) in [7, 11) is 1.82. The highest BCUT2D eigenvalue weighted by Gasteiger charge is 2.11. The summed E-state index contributed by atoms with van der Waals surface area (Å²) >= 11 is 4.71. The van der Waals surface area contributed by atoms with E-state index in [0.717, 1.165) is 4.47 Å². The van der Waals surface area contributed by atoms with Crippen molar-refractivity contribution in [2.75, 3.05) is 5.32 Å². The normalized spacial score (nSPS) is 10.3. The molecule has 0 aliphatic heterocycles. The van der Waals surface area contributed by atoms with Crippen molar-refractivity contribution in [2.45, 2.75) is 0 Å². The summed E-state index contributed by atoms with van der Waals surface area (Å²) in [6.45, 7) is 0. The number of nitrogens with zero attached hydrogens (tertiary/aromatic N) is 2. The van der Waals surface area contributed by atoms with E-state index < -0.39 is 0 Å². The summed E-state index contributed by atoms with van der Waals surface area (Å²) in [5.74, 6) is -0.154. The standard InChI is InChI=1S/C9H8BrN3OS/c1-13-5-6(10)4-7(13)8(14)12-9-11-2-3-15-9/h2-5H,1H3,(H,11,12,14). The third-order valence-corrected chi connectivity index (χ3v) is 2.98. The van der Waals surface area contributed by atoms with Crippen molar-refractivity contribution in [1.82, 2.24) is 9.55 Å². The Kier molecular flexibility index (Phi) is 2.88. The Labute approximate surface area is 99.1 Å². The van der Waals surface area contributed by atoms with E-state index in [4.69, 9.17) is 0 Å². The fraction of sp³-hybridized carbons (Fsp3) is 0.111. The van der Waals surface area contributed by atoms with Gasteiger partial charge in [0.1, 0.15) is 5.69 Å². The van der Waals surface area contributed by atoms with Crippen molar-refractivity contribution in [3.63, 3.8) is 0 Å². The number of aromatic nitrogens is 2. The monoisotopic (exact) mass is 285 g/mol. The van der Waals surface area contributed by atoms with E-state index >= 15 is 0 Å². The molecule has 2 rings (SSSR count). The zero-order valence-electron chi connectivity index (χ0n) is 7.90. The van der Waals surface area contributed by atoms with Gasteiger partial charge in [-0.1, -0.05) is 0 Å². The lowest BCUT2D eigenvalue weighted by atomic mass is 10.4. The van der Waals surface area contributed by atoms with Gasteiger partial charge < -0.3 is 4.57 Å². The van der Waals surface area contributed by atoms with Gasteiger partial charge in [0.15, 0.2) is 5.13 Å². The Morgan fingerprint density at radius 1 is 1.67 bits per heavy atom. The van der Waals surface area contributed by atoms with E-state index in [2.05, 4.69) is 26.2 Å². The van der Waals surface area contributed by atoms with Crippen molar-refractivity contribution in [2.24, 2.45) is 7.05 Å². The predicted molar refractivity (Wildman–Crippen MR) is 63.2 cm³/mol. The first-order valence-corrected chi connectivity index (χ1v) is 5.87. The van der Waals surface area contributed by atoms with E-state index in [1.807, 2.05) is 18.6 Å². The number of anilines is 1. The average Bonchev–Trinajstić information content (AvgIpc) is 2.75. The minimum Gasteiger partial charge on any atom is -0.345 e. The van der Waals surface area contributed by atoms with Crippen LogP contribution in [0, 0.1) is 0 Å². The molecule has 0 saturated heterocycles. The maximum absolute atomic E-state index is 11.8. The fourth-order valence-corrected chi connectivity index (χ4v) is 2.24. The first kappa shape index (κ1) is 10.4. The molecule has 0 atom stereocenters. The number of hydrogen-bond donors (Lipinski definition) is 1. The summed E-state index contributed by atoms with van der Waals surface area (Å²) in [6.07, 6.45) is 3.48. The van der Waals surface area contributed by atoms with E-state index in [1.165, 1.54) is 11.3 Å². The van der Waals surface area contributed by atoms with Gasteiger partial charge in [-0.05, 0) is 22.0 Å². The lowest BCUT2D eigenvalue weighted by molar-refractivity contribution is 0.101. The summed E-state index contributed by atoms with van der Waals surface area (Å²) in [6, 6.07) is 1.77. The second-order valence-corrected chi connectivity index (χ2v) is 4.76. The van der Waals surface area contributed by atoms with Gasteiger partial charge in [0.2, 0.25) is 0 Å². The largest absolute Gasteiger partial charge is 0.345 e. The molecular formula is C9H8BrN3OS. The zero-order chi connectivity index (χ0) is 10.8. The Morgan fingerprint density at radius 3 is 3.00 bits per heavy atom. The highest BCUT2D eigenvalue weighted by atomic mass is 79.9. The van der Waals surface area contributed by atoms with Gasteiger partial charge in [-0.2, -0.15) is 0 Å². The summed E-state index contributed by atoms with van der Waals surface area (Å²) < 4.78 is 2.64. The van der Waals surface area contributed by atoms with Crippen molar-refractivity contribution in [3.05, 3.63) is 34.0 Å². The average molecular weight is 286 g/mol. The molecule has 4 nitrogen and oxygen atoms in total. The first-order chi connectivity index (χ1) is 7.16. The molecule has 2 aromatic heterocycles. The number of aryl methyl sites for hydroxylation is 1. The first-order valence-electron chi connectivity index (χ1n) is 4.19. The predicted octanol–water partition coefficient (Wildman–Crippen LogP) is 2.50. The van der Waals surface area contributed by atoms with Crippen molar-refractivity contribution >= 4 is 38.3 Å². The molecule has 0 fully saturated rings. The molecule has 0 radical (unpaired) electrons. The summed E-state index contributed by atoms with van der Waals surface area (Å²) in [5.41, 5.74) is 0.595. The van der Waals surface area contributed by atoms with Crippen LogP contribution < -0.4 is 5.32 Å². The SMILES string of the molecule is Cn1cc(Br)cc1C(=O)Nc1nccs1. The van der Waals surface area contributed by atoms with Crippen LogP contribution in [0.25, 0.3) is 0 Å². The fourth-order valence-electron chi connectivity index (χ4n) is 1.20. The highest BCUT2D eigenvalue weighted by Crippen LogP contribution is 2.16. The van der Waals surface area contributed by atoms with Crippen LogP contribution in [0.1, 0.15) is 10.5 Å². The van der Waals surface area contributed by atoms with Crippen LogP contribution in [-0.4, -0.2) is 15.5 Å². The van der Waals surface area contributed by atoms with Crippen molar-refractivity contribution in [1.29, 1.82) is 0 Å². The van der Waals surface area contributed by atoms with Crippen LogP contribution in [0.15, 0.2) is 28.3 Å². The molecular weight excluding hydrogens is 278 g/mol. The van der Waals surface area contributed by atoms with Gasteiger partial charge in [-0.3, -0.25) is 10.1 Å². The molecule has 0 spiro atoms. The van der Waals surface area contributed by atoms with Crippen LogP contribution in [0.5, 0.6) is 0 Å². The molecule has 0 aliphatic rings. The number of hydrogen-bond acceptors (Lipinski definition) is 3. The van der Waals surface area contributed by atoms with E-state index in [1.54, 1.807) is 16.8 Å². The number of thiazole rings is 1. The van der Waals surface area contributed by atoms with Gasteiger partial charge in [-0.15, -0.1) is 11.3 Å². The maximum Gasteiger partial charge on any atom is 0.274 e. The lowest BCUT2D eigenvalue weighted by Crippen LogP contribution is -2.14. The molecule has 0 aliphatic carbocycles. The molecule has 6 heteroatoms. The molecule has 2 heterocycles. The van der Waals surface area contributed by atoms with Crippen molar-refractivity contribution in [3.8, 4) is 0 Å². The third kappa shape index (κ3) is 2.27. The van der Waals surface area contributed by atoms with Crippen LogP contribution in [0.2, 0.25) is 0 Å². The van der Waals surface area contributed by atoms with Crippen molar-refractivity contribution < 1.29 is 4.79 Å². The maximum atomic E-state index is 11.8. The number of carbonyl (C=O) groups is 1. The van der Waals surface area contributed by atoms with Crippen LogP contribution >= 0.6 is 27.3 Å². The molecule has 0 saturated carbocycles. The van der Waals surface area contributed by atoms with Gasteiger partial charge in [0, 0.05) is 29.3 Å². The Morgan fingerprint density at radius 2 is 2.47 bits per heavy atom. The molecule has 0 unspecified atom stereocenters. The van der Waals surface area contributed by atoms with Gasteiger partial charge in [0.25, 0.3) is 5.91 Å². The number of amides is 1. The van der Waals surface area contributed by atoms with Crippen LogP contribution in [-0.2, 0) is 7.05 Å². The Hall–Kier alpha value is -1.14. The van der Waals surface area contributed by atoms with Crippen LogP contribution in [0.4, 0.5) is 5.13 Å². The minimum absolute atomic E-state index is 0.154. The number of nitrogens with one attached hydrogen (secondary N) is 1. The second-order valence-electron chi connectivity index (χ2n) is 2.95. The number of rotatable bonds is 2. The van der Waals surface area contributed by atoms with Gasteiger partial charge in [-0.25, -0.2) is 4.98 Å². The minimum atomic E-state index is -0.154. The quantitative estimate of drug-likeness (QED) is 0.922. The summed E-state index contributed by atoms with van der Waals surface area (Å²) in [5, 5.41) is 5.14. The molecule has 15 heavy (non-hydrogen) atoms. The lowest BCUT2D eigenvalue weighted by Gasteiger charge is -2.01. The number of carbonyl (C=O) groups excluding carboxylic acids is 1. The van der Waals surface area contributed by atoms with Gasteiger partial charge >= 0.3 is 0 Å². The molecule has 1 N–H and O–H groups in total. The molecule has 0 aromatic carbocycles. The molecule has 78 valence electrons.